The molecule has 1 fully saturated rings. The number of likely N-dealkylation sites (tertiary alicyclic amines) is 1. The van der Waals surface area contributed by atoms with Crippen molar-refractivity contribution in [2.45, 2.75) is 45.6 Å². The predicted molar refractivity (Wildman–Crippen MR) is 91.9 cm³/mol. The van der Waals surface area contributed by atoms with Gasteiger partial charge >= 0.3 is 0 Å². The predicted octanol–water partition coefficient (Wildman–Crippen LogP) is 4.50. The fraction of sp³-hybridized carbons (Fsp3) is 0.667. The smallest absolute Gasteiger partial charge is 0.0406 e. The van der Waals surface area contributed by atoms with Gasteiger partial charge in [-0.2, -0.15) is 0 Å². The molecule has 1 aromatic carbocycles. The summed E-state index contributed by atoms with van der Waals surface area (Å²) < 4.78 is 0. The summed E-state index contributed by atoms with van der Waals surface area (Å²) in [6.45, 7) is 9.48. The molecule has 1 aromatic rings. The quantitative estimate of drug-likeness (QED) is 0.797. The van der Waals surface area contributed by atoms with Gasteiger partial charge < -0.3 is 10.2 Å². The first-order valence-corrected chi connectivity index (χ1v) is 8.78. The van der Waals surface area contributed by atoms with E-state index in [9.17, 15) is 0 Å². The number of hydrogen-bond acceptors (Lipinski definition) is 2. The SMILES string of the molecule is CCC(NCC(C)CN1CCCCC1)c1ccc(Cl)cc1. The molecule has 1 heterocycles. The minimum absolute atomic E-state index is 0.436. The summed E-state index contributed by atoms with van der Waals surface area (Å²) in [5, 5.41) is 4.54. The van der Waals surface area contributed by atoms with Gasteiger partial charge in [0.2, 0.25) is 0 Å². The van der Waals surface area contributed by atoms with Crippen molar-refractivity contribution in [3.8, 4) is 0 Å². The molecule has 1 aliphatic rings. The zero-order valence-corrected chi connectivity index (χ0v) is 14.2. The molecule has 0 saturated carbocycles. The summed E-state index contributed by atoms with van der Waals surface area (Å²) in [7, 11) is 0. The van der Waals surface area contributed by atoms with Crippen LogP contribution in [0.25, 0.3) is 0 Å². The van der Waals surface area contributed by atoms with Gasteiger partial charge in [0.1, 0.15) is 0 Å². The Morgan fingerprint density at radius 2 is 1.81 bits per heavy atom. The second kappa shape index (κ2) is 8.77. The summed E-state index contributed by atoms with van der Waals surface area (Å²) in [5.41, 5.74) is 1.34. The highest BCUT2D eigenvalue weighted by atomic mass is 35.5. The van der Waals surface area contributed by atoms with Crippen molar-refractivity contribution in [3.63, 3.8) is 0 Å². The Morgan fingerprint density at radius 3 is 2.43 bits per heavy atom. The van der Waals surface area contributed by atoms with Crippen LogP contribution >= 0.6 is 11.6 Å². The van der Waals surface area contributed by atoms with E-state index < -0.39 is 0 Å². The van der Waals surface area contributed by atoms with E-state index in [1.165, 1.54) is 44.5 Å². The molecule has 1 N–H and O–H groups in total. The number of halogens is 1. The molecule has 0 spiro atoms. The third-order valence-electron chi connectivity index (χ3n) is 4.41. The topological polar surface area (TPSA) is 15.3 Å². The van der Waals surface area contributed by atoms with Gasteiger partial charge in [0.05, 0.1) is 0 Å². The fourth-order valence-corrected chi connectivity index (χ4v) is 3.31. The highest BCUT2D eigenvalue weighted by molar-refractivity contribution is 6.30. The van der Waals surface area contributed by atoms with Gasteiger partial charge in [-0.3, -0.25) is 0 Å². The summed E-state index contributed by atoms with van der Waals surface area (Å²) >= 11 is 5.97. The second-order valence-electron chi connectivity index (χ2n) is 6.39. The first-order valence-electron chi connectivity index (χ1n) is 8.40. The first-order chi connectivity index (χ1) is 10.2. The molecule has 2 atom stereocenters. The Hall–Kier alpha value is -0.570. The number of benzene rings is 1. The van der Waals surface area contributed by atoms with E-state index >= 15 is 0 Å². The molecule has 0 aromatic heterocycles. The van der Waals surface area contributed by atoms with E-state index in [4.69, 9.17) is 11.6 Å². The lowest BCUT2D eigenvalue weighted by molar-refractivity contribution is 0.197. The molecule has 0 aliphatic carbocycles. The van der Waals surface area contributed by atoms with Crippen LogP contribution in [0, 0.1) is 5.92 Å². The van der Waals surface area contributed by atoms with Gasteiger partial charge in [0, 0.05) is 17.6 Å². The average Bonchev–Trinajstić information content (AvgIpc) is 2.50. The molecular formula is C18H29ClN2. The Bertz CT molecular complexity index is 398. The molecular weight excluding hydrogens is 280 g/mol. The minimum Gasteiger partial charge on any atom is -0.310 e. The van der Waals surface area contributed by atoms with Gasteiger partial charge in [-0.15, -0.1) is 0 Å². The standard InChI is InChI=1S/C18H29ClN2/c1-3-18(16-7-9-17(19)10-8-16)20-13-15(2)14-21-11-5-4-6-12-21/h7-10,15,18,20H,3-6,11-14H2,1-2H3. The highest BCUT2D eigenvalue weighted by Gasteiger charge is 2.15. The van der Waals surface area contributed by atoms with Crippen LogP contribution in [0.2, 0.25) is 5.02 Å². The Balaban J connectivity index is 1.77. The third kappa shape index (κ3) is 5.61. The molecule has 0 bridgehead atoms. The summed E-state index contributed by atoms with van der Waals surface area (Å²) in [6, 6.07) is 8.68. The van der Waals surface area contributed by atoms with E-state index in [0.717, 1.165) is 18.0 Å². The van der Waals surface area contributed by atoms with E-state index in [1.54, 1.807) is 0 Å². The van der Waals surface area contributed by atoms with E-state index in [-0.39, 0.29) is 0 Å². The lowest BCUT2D eigenvalue weighted by Crippen LogP contribution is -2.37. The number of hydrogen-bond donors (Lipinski definition) is 1. The lowest BCUT2D eigenvalue weighted by Gasteiger charge is -2.30. The van der Waals surface area contributed by atoms with Crippen molar-refractivity contribution in [1.82, 2.24) is 10.2 Å². The van der Waals surface area contributed by atoms with Gasteiger partial charge in [-0.05, 0) is 62.5 Å². The maximum absolute atomic E-state index is 5.97. The lowest BCUT2D eigenvalue weighted by atomic mass is 10.0. The largest absolute Gasteiger partial charge is 0.310 e. The fourth-order valence-electron chi connectivity index (χ4n) is 3.18. The van der Waals surface area contributed by atoms with Crippen LogP contribution < -0.4 is 5.32 Å². The van der Waals surface area contributed by atoms with Crippen molar-refractivity contribution >= 4 is 11.6 Å². The Labute approximate surface area is 134 Å². The van der Waals surface area contributed by atoms with E-state index in [1.807, 2.05) is 12.1 Å². The van der Waals surface area contributed by atoms with Gasteiger partial charge in [0.25, 0.3) is 0 Å². The third-order valence-corrected chi connectivity index (χ3v) is 4.66. The first kappa shape index (κ1) is 16.8. The molecule has 0 amide bonds. The molecule has 118 valence electrons. The summed E-state index contributed by atoms with van der Waals surface area (Å²) in [5.74, 6) is 0.699. The van der Waals surface area contributed by atoms with Crippen LogP contribution in [-0.2, 0) is 0 Å². The summed E-state index contributed by atoms with van der Waals surface area (Å²) in [6.07, 6.45) is 5.28. The number of rotatable bonds is 7. The molecule has 1 aliphatic heterocycles. The molecule has 2 unspecified atom stereocenters. The maximum atomic E-state index is 5.97. The summed E-state index contributed by atoms with van der Waals surface area (Å²) in [4.78, 5) is 2.62. The molecule has 0 radical (unpaired) electrons. The molecule has 1 saturated heterocycles. The zero-order valence-electron chi connectivity index (χ0n) is 13.4. The normalized spacial score (nSPS) is 19.4. The van der Waals surface area contributed by atoms with Crippen molar-refractivity contribution in [2.24, 2.45) is 5.92 Å². The maximum Gasteiger partial charge on any atom is 0.0406 e. The minimum atomic E-state index is 0.436. The molecule has 21 heavy (non-hydrogen) atoms. The molecule has 3 heteroatoms. The molecule has 2 rings (SSSR count). The van der Waals surface area contributed by atoms with Crippen molar-refractivity contribution in [3.05, 3.63) is 34.9 Å². The van der Waals surface area contributed by atoms with Crippen molar-refractivity contribution in [2.75, 3.05) is 26.2 Å². The van der Waals surface area contributed by atoms with Crippen molar-refractivity contribution in [1.29, 1.82) is 0 Å². The van der Waals surface area contributed by atoms with E-state index in [0.29, 0.717) is 12.0 Å². The van der Waals surface area contributed by atoms with Crippen LogP contribution in [0.3, 0.4) is 0 Å². The van der Waals surface area contributed by atoms with Crippen molar-refractivity contribution < 1.29 is 0 Å². The second-order valence-corrected chi connectivity index (χ2v) is 6.82. The average molecular weight is 309 g/mol. The monoisotopic (exact) mass is 308 g/mol. The highest BCUT2D eigenvalue weighted by Crippen LogP contribution is 2.19. The van der Waals surface area contributed by atoms with Crippen LogP contribution in [0.5, 0.6) is 0 Å². The van der Waals surface area contributed by atoms with E-state index in [2.05, 4.69) is 36.2 Å². The van der Waals surface area contributed by atoms with Gasteiger partial charge in [-0.25, -0.2) is 0 Å². The number of nitrogens with one attached hydrogen (secondary N) is 1. The van der Waals surface area contributed by atoms with Crippen LogP contribution in [-0.4, -0.2) is 31.1 Å². The Kier molecular flexibility index (Phi) is 7.01. The van der Waals surface area contributed by atoms with Crippen LogP contribution in [0.15, 0.2) is 24.3 Å². The molecule has 2 nitrogen and oxygen atoms in total. The van der Waals surface area contributed by atoms with Crippen LogP contribution in [0.1, 0.15) is 51.1 Å². The number of piperidine rings is 1. The zero-order chi connectivity index (χ0) is 15.1. The van der Waals surface area contributed by atoms with Gasteiger partial charge in [-0.1, -0.05) is 44.0 Å². The van der Waals surface area contributed by atoms with Crippen LogP contribution in [0.4, 0.5) is 0 Å². The van der Waals surface area contributed by atoms with Gasteiger partial charge in [0.15, 0.2) is 0 Å². The Morgan fingerprint density at radius 1 is 1.14 bits per heavy atom. The number of nitrogens with zero attached hydrogens (tertiary/aromatic N) is 1.